The van der Waals surface area contributed by atoms with Crippen molar-refractivity contribution in [1.29, 1.82) is 0 Å². The highest BCUT2D eigenvalue weighted by atomic mass is 16.5. The van der Waals surface area contributed by atoms with E-state index in [-0.39, 0.29) is 18.6 Å². The number of piperidine rings is 1. The van der Waals surface area contributed by atoms with Gasteiger partial charge in [-0.25, -0.2) is 0 Å². The fraction of sp³-hybridized carbons (Fsp3) is 0.611. The Hall–Kier alpha value is -1.59. The predicted molar refractivity (Wildman–Crippen MR) is 90.6 cm³/mol. The molecule has 1 fully saturated rings. The Morgan fingerprint density at radius 1 is 1.35 bits per heavy atom. The van der Waals surface area contributed by atoms with Crippen molar-refractivity contribution in [2.24, 2.45) is 5.92 Å². The van der Waals surface area contributed by atoms with Crippen LogP contribution in [0.3, 0.4) is 0 Å². The number of nitrogens with zero attached hydrogens (tertiary/aromatic N) is 1. The number of carbonyl (C=O) groups excluding carboxylic acids is 1. The number of amides is 1. The summed E-state index contributed by atoms with van der Waals surface area (Å²) in [5, 5.41) is 12.2. The maximum atomic E-state index is 12.3. The number of hydrogen-bond donors (Lipinski definition) is 2. The average Bonchev–Trinajstić information content (AvgIpc) is 2.61. The van der Waals surface area contributed by atoms with Gasteiger partial charge in [-0.1, -0.05) is 12.1 Å². The molecule has 0 spiro atoms. The summed E-state index contributed by atoms with van der Waals surface area (Å²) in [7, 11) is 1.65. The molecule has 0 saturated carbocycles. The number of hydrogen-bond acceptors (Lipinski definition) is 4. The van der Waals surface area contributed by atoms with Crippen molar-refractivity contribution in [3.05, 3.63) is 29.8 Å². The largest absolute Gasteiger partial charge is 0.497 e. The second-order valence-corrected chi connectivity index (χ2v) is 6.23. The minimum Gasteiger partial charge on any atom is -0.497 e. The van der Waals surface area contributed by atoms with Gasteiger partial charge in [0, 0.05) is 13.2 Å². The number of ether oxygens (including phenoxy) is 1. The van der Waals surface area contributed by atoms with Gasteiger partial charge in [0.25, 0.3) is 0 Å². The van der Waals surface area contributed by atoms with Crippen molar-refractivity contribution in [3.63, 3.8) is 0 Å². The highest BCUT2D eigenvalue weighted by Crippen LogP contribution is 2.18. The highest BCUT2D eigenvalue weighted by Gasteiger charge is 2.25. The maximum absolute atomic E-state index is 12.3. The summed E-state index contributed by atoms with van der Waals surface area (Å²) in [6, 6.07) is 7.81. The first kappa shape index (κ1) is 17.8. The Morgan fingerprint density at radius 2 is 2.00 bits per heavy atom. The van der Waals surface area contributed by atoms with Crippen LogP contribution in [-0.2, 0) is 11.2 Å². The van der Waals surface area contributed by atoms with Gasteiger partial charge < -0.3 is 15.2 Å². The number of aliphatic hydroxyl groups excluding tert-OH is 1. The van der Waals surface area contributed by atoms with Crippen LogP contribution in [0.1, 0.15) is 25.3 Å². The summed E-state index contributed by atoms with van der Waals surface area (Å²) < 4.78 is 5.14. The van der Waals surface area contributed by atoms with Gasteiger partial charge in [0.05, 0.1) is 13.2 Å². The van der Waals surface area contributed by atoms with E-state index in [2.05, 4.69) is 10.2 Å². The van der Waals surface area contributed by atoms with Crippen molar-refractivity contribution < 1.29 is 14.6 Å². The molecule has 0 radical (unpaired) electrons. The molecule has 5 nitrogen and oxygen atoms in total. The molecule has 1 unspecified atom stereocenters. The van der Waals surface area contributed by atoms with Crippen LogP contribution in [-0.4, -0.2) is 55.3 Å². The molecular formula is C18H28N2O3. The monoisotopic (exact) mass is 320 g/mol. The Labute approximate surface area is 138 Å². The molecule has 5 heteroatoms. The fourth-order valence-electron chi connectivity index (χ4n) is 2.96. The van der Waals surface area contributed by atoms with Crippen molar-refractivity contribution in [3.8, 4) is 5.75 Å². The molecule has 1 aromatic rings. The van der Waals surface area contributed by atoms with Crippen LogP contribution in [0, 0.1) is 5.92 Å². The SMILES string of the molecule is COc1ccc(CCNC(=O)C(C)N2CCC(CO)CC2)cc1. The van der Waals surface area contributed by atoms with Gasteiger partial charge >= 0.3 is 0 Å². The van der Waals surface area contributed by atoms with Crippen LogP contribution in [0.5, 0.6) is 5.75 Å². The third-order valence-electron chi connectivity index (χ3n) is 4.71. The van der Waals surface area contributed by atoms with Gasteiger partial charge in [-0.15, -0.1) is 0 Å². The number of rotatable bonds is 7. The van der Waals surface area contributed by atoms with Crippen molar-refractivity contribution in [1.82, 2.24) is 10.2 Å². The van der Waals surface area contributed by atoms with E-state index in [9.17, 15) is 9.90 Å². The average molecular weight is 320 g/mol. The second-order valence-electron chi connectivity index (χ2n) is 6.23. The van der Waals surface area contributed by atoms with E-state index in [1.54, 1.807) is 7.11 Å². The van der Waals surface area contributed by atoms with E-state index in [4.69, 9.17) is 4.74 Å². The lowest BCUT2D eigenvalue weighted by Crippen LogP contribution is -2.48. The topological polar surface area (TPSA) is 61.8 Å². The van der Waals surface area contributed by atoms with Gasteiger partial charge in [0.2, 0.25) is 5.91 Å². The molecule has 0 bridgehead atoms. The minimum absolute atomic E-state index is 0.0842. The zero-order valence-corrected chi connectivity index (χ0v) is 14.1. The van der Waals surface area contributed by atoms with E-state index in [1.807, 2.05) is 31.2 Å². The number of carbonyl (C=O) groups is 1. The molecular weight excluding hydrogens is 292 g/mol. The van der Waals surface area contributed by atoms with Gasteiger partial charge in [-0.3, -0.25) is 9.69 Å². The van der Waals surface area contributed by atoms with Crippen LogP contribution in [0.2, 0.25) is 0 Å². The van der Waals surface area contributed by atoms with E-state index in [0.29, 0.717) is 12.5 Å². The molecule has 1 aliphatic rings. The lowest BCUT2D eigenvalue weighted by atomic mass is 9.97. The first-order valence-corrected chi connectivity index (χ1v) is 8.39. The Bertz CT molecular complexity index is 482. The van der Waals surface area contributed by atoms with Crippen molar-refractivity contribution >= 4 is 5.91 Å². The Kier molecular flexibility index (Phi) is 6.86. The van der Waals surface area contributed by atoms with Crippen LogP contribution >= 0.6 is 0 Å². The molecule has 1 atom stereocenters. The molecule has 1 amide bonds. The number of nitrogens with one attached hydrogen (secondary N) is 1. The predicted octanol–water partition coefficient (Wildman–Crippen LogP) is 1.45. The summed E-state index contributed by atoms with van der Waals surface area (Å²) in [6.07, 6.45) is 2.76. The molecule has 1 saturated heterocycles. The number of methoxy groups -OCH3 is 1. The Balaban J connectivity index is 1.71. The lowest BCUT2D eigenvalue weighted by molar-refractivity contribution is -0.126. The van der Waals surface area contributed by atoms with Gasteiger partial charge in [-0.05, 0) is 62.9 Å². The van der Waals surface area contributed by atoms with E-state index in [1.165, 1.54) is 5.56 Å². The summed E-state index contributed by atoms with van der Waals surface area (Å²) in [6.45, 7) is 4.64. The third kappa shape index (κ3) is 5.22. The number of benzene rings is 1. The molecule has 0 aromatic heterocycles. The summed E-state index contributed by atoms with van der Waals surface area (Å²) >= 11 is 0. The van der Waals surface area contributed by atoms with E-state index >= 15 is 0 Å². The zero-order valence-electron chi connectivity index (χ0n) is 14.1. The molecule has 1 aliphatic heterocycles. The van der Waals surface area contributed by atoms with Crippen molar-refractivity contribution in [2.45, 2.75) is 32.2 Å². The molecule has 1 heterocycles. The zero-order chi connectivity index (χ0) is 16.7. The molecule has 23 heavy (non-hydrogen) atoms. The molecule has 1 aromatic carbocycles. The van der Waals surface area contributed by atoms with Crippen LogP contribution in [0.15, 0.2) is 24.3 Å². The third-order valence-corrected chi connectivity index (χ3v) is 4.71. The fourth-order valence-corrected chi connectivity index (χ4v) is 2.96. The van der Waals surface area contributed by atoms with Crippen molar-refractivity contribution in [2.75, 3.05) is 33.4 Å². The number of likely N-dealkylation sites (tertiary alicyclic amines) is 1. The van der Waals surface area contributed by atoms with E-state index < -0.39 is 0 Å². The molecule has 2 rings (SSSR count). The maximum Gasteiger partial charge on any atom is 0.237 e. The second kappa shape index (κ2) is 8.89. The summed E-state index contributed by atoms with van der Waals surface area (Å²) in [4.78, 5) is 14.5. The molecule has 2 N–H and O–H groups in total. The first-order valence-electron chi connectivity index (χ1n) is 8.39. The highest BCUT2D eigenvalue weighted by molar-refractivity contribution is 5.81. The minimum atomic E-state index is -0.106. The van der Waals surface area contributed by atoms with Gasteiger partial charge in [0.15, 0.2) is 0 Å². The lowest BCUT2D eigenvalue weighted by Gasteiger charge is -2.34. The van der Waals surface area contributed by atoms with Crippen LogP contribution in [0.25, 0.3) is 0 Å². The Morgan fingerprint density at radius 3 is 2.57 bits per heavy atom. The van der Waals surface area contributed by atoms with E-state index in [0.717, 1.165) is 38.1 Å². The van der Waals surface area contributed by atoms with Gasteiger partial charge in [0.1, 0.15) is 5.75 Å². The smallest absolute Gasteiger partial charge is 0.237 e. The molecule has 128 valence electrons. The summed E-state index contributed by atoms with van der Waals surface area (Å²) in [5.41, 5.74) is 1.18. The van der Waals surface area contributed by atoms with Gasteiger partial charge in [-0.2, -0.15) is 0 Å². The first-order chi connectivity index (χ1) is 11.1. The standard InChI is InChI=1S/C18H28N2O3/c1-14(20-11-8-16(13-21)9-12-20)18(22)19-10-7-15-3-5-17(23-2)6-4-15/h3-6,14,16,21H,7-13H2,1-2H3,(H,19,22). The normalized spacial score (nSPS) is 17.7. The quantitative estimate of drug-likeness (QED) is 0.798. The number of aliphatic hydroxyl groups is 1. The summed E-state index contributed by atoms with van der Waals surface area (Å²) in [5.74, 6) is 1.33. The van der Waals surface area contributed by atoms with Crippen LogP contribution < -0.4 is 10.1 Å². The van der Waals surface area contributed by atoms with Crippen LogP contribution in [0.4, 0.5) is 0 Å². The molecule has 0 aliphatic carbocycles.